The molecule has 0 spiro atoms. The Morgan fingerprint density at radius 1 is 1.56 bits per heavy atom. The second kappa shape index (κ2) is 7.24. The minimum atomic E-state index is -0.881. The van der Waals surface area contributed by atoms with Crippen LogP contribution in [0.2, 0.25) is 5.02 Å². The van der Waals surface area contributed by atoms with Gasteiger partial charge < -0.3 is 15.2 Å². The van der Waals surface area contributed by atoms with Crippen LogP contribution in [0.15, 0.2) is 18.2 Å². The van der Waals surface area contributed by atoms with Crippen molar-refractivity contribution in [3.8, 4) is 5.75 Å². The number of hydrogen-bond donors (Lipinski definition) is 2. The highest BCUT2D eigenvalue weighted by Gasteiger charge is 2.11. The van der Waals surface area contributed by atoms with Crippen LogP contribution in [-0.4, -0.2) is 23.7 Å². The predicted molar refractivity (Wildman–Crippen MR) is 71.2 cm³/mol. The molecule has 0 heterocycles. The van der Waals surface area contributed by atoms with E-state index in [0.717, 1.165) is 17.7 Å². The summed E-state index contributed by atoms with van der Waals surface area (Å²) in [5, 5.41) is 12.3. The van der Waals surface area contributed by atoms with Crippen molar-refractivity contribution in [3.05, 3.63) is 28.8 Å². The summed E-state index contributed by atoms with van der Waals surface area (Å²) >= 11 is 5.93. The van der Waals surface area contributed by atoms with E-state index >= 15 is 0 Å². The highest BCUT2D eigenvalue weighted by atomic mass is 35.5. The standard InChI is InChI=1S/C13H18ClNO3/c1-3-6-18-12-5-4-11(14)7-10(12)8-15-9(2)13(16)17/h4-5,7,9,15H,3,6,8H2,1-2H3,(H,16,17)/t9-/m1/s1. The summed E-state index contributed by atoms with van der Waals surface area (Å²) in [5.74, 6) is -0.139. The normalized spacial score (nSPS) is 12.2. The van der Waals surface area contributed by atoms with Crippen LogP contribution >= 0.6 is 11.6 Å². The van der Waals surface area contributed by atoms with Crippen LogP contribution in [0.4, 0.5) is 0 Å². The predicted octanol–water partition coefficient (Wildman–Crippen LogP) is 2.69. The number of benzene rings is 1. The SMILES string of the molecule is CCCOc1ccc(Cl)cc1CN[C@H](C)C(=O)O. The third-order valence-corrected chi connectivity index (χ3v) is 2.69. The number of carboxylic acids is 1. The van der Waals surface area contributed by atoms with E-state index in [1.54, 1.807) is 25.1 Å². The van der Waals surface area contributed by atoms with Gasteiger partial charge in [0.15, 0.2) is 0 Å². The topological polar surface area (TPSA) is 58.6 Å². The summed E-state index contributed by atoms with van der Waals surface area (Å²) in [5.41, 5.74) is 0.865. The van der Waals surface area contributed by atoms with Gasteiger partial charge in [0, 0.05) is 17.1 Å². The van der Waals surface area contributed by atoms with Crippen LogP contribution in [0.5, 0.6) is 5.75 Å². The van der Waals surface area contributed by atoms with E-state index in [0.29, 0.717) is 18.2 Å². The van der Waals surface area contributed by atoms with Gasteiger partial charge in [-0.15, -0.1) is 0 Å². The molecule has 0 aliphatic rings. The zero-order chi connectivity index (χ0) is 13.5. The number of rotatable bonds is 7. The molecule has 5 heteroatoms. The Morgan fingerprint density at radius 2 is 2.28 bits per heavy atom. The first-order valence-corrected chi connectivity index (χ1v) is 6.29. The van der Waals surface area contributed by atoms with Crippen molar-refractivity contribution in [1.29, 1.82) is 0 Å². The van der Waals surface area contributed by atoms with E-state index in [-0.39, 0.29) is 0 Å². The van der Waals surface area contributed by atoms with Crippen molar-refractivity contribution < 1.29 is 14.6 Å². The van der Waals surface area contributed by atoms with Crippen LogP contribution in [0.1, 0.15) is 25.8 Å². The van der Waals surface area contributed by atoms with Crippen LogP contribution in [-0.2, 0) is 11.3 Å². The molecular formula is C13H18ClNO3. The lowest BCUT2D eigenvalue weighted by Crippen LogP contribution is -2.33. The molecule has 0 radical (unpaired) electrons. The molecule has 0 saturated heterocycles. The first-order valence-electron chi connectivity index (χ1n) is 5.92. The van der Waals surface area contributed by atoms with Gasteiger partial charge >= 0.3 is 5.97 Å². The number of ether oxygens (including phenoxy) is 1. The number of carboxylic acid groups (broad SMARTS) is 1. The third kappa shape index (κ3) is 4.55. The zero-order valence-electron chi connectivity index (χ0n) is 10.6. The molecule has 0 aliphatic carbocycles. The van der Waals surface area contributed by atoms with Crippen molar-refractivity contribution in [2.75, 3.05) is 6.61 Å². The van der Waals surface area contributed by atoms with Gasteiger partial charge in [0.25, 0.3) is 0 Å². The van der Waals surface area contributed by atoms with Gasteiger partial charge in [0.05, 0.1) is 6.61 Å². The fourth-order valence-electron chi connectivity index (χ4n) is 1.39. The van der Waals surface area contributed by atoms with Crippen LogP contribution in [0, 0.1) is 0 Å². The van der Waals surface area contributed by atoms with E-state index < -0.39 is 12.0 Å². The molecule has 18 heavy (non-hydrogen) atoms. The molecule has 1 rings (SSSR count). The molecule has 0 aromatic heterocycles. The van der Waals surface area contributed by atoms with E-state index in [1.165, 1.54) is 0 Å². The monoisotopic (exact) mass is 271 g/mol. The number of carbonyl (C=O) groups is 1. The molecule has 2 N–H and O–H groups in total. The highest BCUT2D eigenvalue weighted by molar-refractivity contribution is 6.30. The lowest BCUT2D eigenvalue weighted by atomic mass is 10.2. The quantitative estimate of drug-likeness (QED) is 0.801. The molecular weight excluding hydrogens is 254 g/mol. The van der Waals surface area contributed by atoms with E-state index in [9.17, 15) is 4.79 Å². The van der Waals surface area contributed by atoms with Gasteiger partial charge in [-0.05, 0) is 31.5 Å². The van der Waals surface area contributed by atoms with Gasteiger partial charge in [-0.25, -0.2) is 0 Å². The van der Waals surface area contributed by atoms with E-state index in [4.69, 9.17) is 21.4 Å². The van der Waals surface area contributed by atoms with Gasteiger partial charge in [-0.1, -0.05) is 18.5 Å². The molecule has 1 aromatic carbocycles. The lowest BCUT2D eigenvalue weighted by Gasteiger charge is -2.14. The van der Waals surface area contributed by atoms with Gasteiger partial charge in [-0.3, -0.25) is 4.79 Å². The molecule has 100 valence electrons. The van der Waals surface area contributed by atoms with Gasteiger partial charge in [0.1, 0.15) is 11.8 Å². The Kier molecular flexibility index (Phi) is 5.95. The van der Waals surface area contributed by atoms with Crippen LogP contribution in [0.3, 0.4) is 0 Å². The maximum Gasteiger partial charge on any atom is 0.320 e. The third-order valence-electron chi connectivity index (χ3n) is 2.45. The molecule has 0 saturated carbocycles. The maximum absolute atomic E-state index is 10.7. The second-order valence-electron chi connectivity index (χ2n) is 4.04. The largest absolute Gasteiger partial charge is 0.493 e. The minimum absolute atomic E-state index is 0.410. The number of halogens is 1. The number of hydrogen-bond acceptors (Lipinski definition) is 3. The molecule has 1 aromatic rings. The summed E-state index contributed by atoms with van der Waals surface area (Å²) in [6.45, 7) is 4.66. The first-order chi connectivity index (χ1) is 8.54. The van der Waals surface area contributed by atoms with Crippen molar-refractivity contribution in [2.45, 2.75) is 32.9 Å². The van der Waals surface area contributed by atoms with E-state index in [1.807, 2.05) is 6.92 Å². The summed E-state index contributed by atoms with van der Waals surface area (Å²) < 4.78 is 5.59. The summed E-state index contributed by atoms with van der Waals surface area (Å²) in [4.78, 5) is 10.7. The summed E-state index contributed by atoms with van der Waals surface area (Å²) in [6.07, 6.45) is 0.918. The Labute approximate surface area is 112 Å². The summed E-state index contributed by atoms with van der Waals surface area (Å²) in [6, 6.07) is 4.74. The fraction of sp³-hybridized carbons (Fsp3) is 0.462. The zero-order valence-corrected chi connectivity index (χ0v) is 11.3. The highest BCUT2D eigenvalue weighted by Crippen LogP contribution is 2.23. The Morgan fingerprint density at radius 3 is 2.89 bits per heavy atom. The number of aliphatic carboxylic acids is 1. The average Bonchev–Trinajstić information content (AvgIpc) is 2.34. The second-order valence-corrected chi connectivity index (χ2v) is 4.48. The van der Waals surface area contributed by atoms with Crippen molar-refractivity contribution in [1.82, 2.24) is 5.32 Å². The van der Waals surface area contributed by atoms with Crippen LogP contribution in [0.25, 0.3) is 0 Å². The van der Waals surface area contributed by atoms with Gasteiger partial charge in [0.2, 0.25) is 0 Å². The molecule has 0 fully saturated rings. The van der Waals surface area contributed by atoms with Gasteiger partial charge in [-0.2, -0.15) is 0 Å². The molecule has 4 nitrogen and oxygen atoms in total. The average molecular weight is 272 g/mol. The smallest absolute Gasteiger partial charge is 0.320 e. The molecule has 1 atom stereocenters. The Bertz CT molecular complexity index is 409. The number of nitrogens with one attached hydrogen (secondary N) is 1. The minimum Gasteiger partial charge on any atom is -0.493 e. The molecule has 0 unspecified atom stereocenters. The molecule has 0 bridgehead atoms. The fourth-order valence-corrected chi connectivity index (χ4v) is 1.58. The van der Waals surface area contributed by atoms with E-state index in [2.05, 4.69) is 5.32 Å². The van der Waals surface area contributed by atoms with Crippen molar-refractivity contribution in [3.63, 3.8) is 0 Å². The Balaban J connectivity index is 2.72. The first kappa shape index (κ1) is 14.8. The molecule has 0 aliphatic heterocycles. The van der Waals surface area contributed by atoms with Crippen LogP contribution < -0.4 is 10.1 Å². The maximum atomic E-state index is 10.7. The Hall–Kier alpha value is -1.26. The van der Waals surface area contributed by atoms with Crippen molar-refractivity contribution >= 4 is 17.6 Å². The van der Waals surface area contributed by atoms with Crippen molar-refractivity contribution in [2.24, 2.45) is 0 Å². The summed E-state index contributed by atoms with van der Waals surface area (Å²) in [7, 11) is 0. The molecule has 0 amide bonds. The lowest BCUT2D eigenvalue weighted by molar-refractivity contribution is -0.139.